The number of amides is 1. The van der Waals surface area contributed by atoms with Gasteiger partial charge in [0.05, 0.1) is 7.11 Å². The molecule has 0 radical (unpaired) electrons. The molecule has 0 saturated carbocycles. The Morgan fingerprint density at radius 1 is 1.19 bits per heavy atom. The number of carbonyl (C=O) groups is 2. The Hall–Kier alpha value is -1.96. The predicted octanol–water partition coefficient (Wildman–Crippen LogP) is 0.814. The predicted molar refractivity (Wildman–Crippen MR) is 115 cm³/mol. The second-order valence-electron chi connectivity index (χ2n) is 7.90. The second kappa shape index (κ2) is 11.1. The van der Waals surface area contributed by atoms with Crippen LogP contribution >= 0.6 is 0 Å². The zero-order valence-corrected chi connectivity index (χ0v) is 20.0. The van der Waals surface area contributed by atoms with Gasteiger partial charge in [0.25, 0.3) is 0 Å². The van der Waals surface area contributed by atoms with Gasteiger partial charge in [-0.05, 0) is 46.6 Å². The number of nitrogens with zero attached hydrogens (tertiary/aromatic N) is 1. The van der Waals surface area contributed by atoms with Gasteiger partial charge in [-0.25, -0.2) is 26.4 Å². The van der Waals surface area contributed by atoms with Crippen molar-refractivity contribution in [1.29, 1.82) is 0 Å². The molecule has 11 nitrogen and oxygen atoms in total. The van der Waals surface area contributed by atoms with Gasteiger partial charge >= 0.3 is 12.1 Å². The van der Waals surface area contributed by atoms with E-state index in [0.717, 1.165) is 17.9 Å². The Kier molecular flexibility index (Phi) is 9.67. The molecule has 2 N–H and O–H groups in total. The highest BCUT2D eigenvalue weighted by molar-refractivity contribution is 7.92. The number of hydrogen-bond acceptors (Lipinski definition) is 8. The summed E-state index contributed by atoms with van der Waals surface area (Å²) in [7, 11) is -6.65. The summed E-state index contributed by atoms with van der Waals surface area (Å²) in [4.78, 5) is 22.8. The van der Waals surface area contributed by atoms with Crippen LogP contribution in [0.25, 0.3) is 0 Å². The lowest BCUT2D eigenvalue weighted by molar-refractivity contribution is -0.139. The van der Waals surface area contributed by atoms with Crippen molar-refractivity contribution in [3.63, 3.8) is 0 Å². The van der Waals surface area contributed by atoms with Gasteiger partial charge in [-0.2, -0.15) is 4.31 Å². The molecule has 1 aliphatic heterocycles. The number of esters is 1. The average molecular weight is 482 g/mol. The SMILES string of the molecule is COC(=O)CNS(=O)(=O)/C=C/[C@@H]1CCCN1S(=O)(=O)/C=C/[C@H](C)NC(=O)OC(C)(C)C. The van der Waals surface area contributed by atoms with Gasteiger partial charge in [-0.15, -0.1) is 0 Å². The lowest BCUT2D eigenvalue weighted by atomic mass is 10.2. The number of carbonyl (C=O) groups excluding carboxylic acids is 2. The average Bonchev–Trinajstić information content (AvgIpc) is 3.11. The van der Waals surface area contributed by atoms with Gasteiger partial charge in [0.2, 0.25) is 20.0 Å². The number of sulfonamides is 2. The van der Waals surface area contributed by atoms with Crippen LogP contribution in [0.1, 0.15) is 40.5 Å². The van der Waals surface area contributed by atoms with Crippen LogP contribution in [0.5, 0.6) is 0 Å². The molecule has 2 atom stereocenters. The van der Waals surface area contributed by atoms with E-state index in [2.05, 4.69) is 10.1 Å². The van der Waals surface area contributed by atoms with Crippen LogP contribution in [-0.2, 0) is 34.3 Å². The molecule has 1 saturated heterocycles. The van der Waals surface area contributed by atoms with Gasteiger partial charge in [-0.3, -0.25) is 4.79 Å². The maximum Gasteiger partial charge on any atom is 0.408 e. The highest BCUT2D eigenvalue weighted by Gasteiger charge is 2.31. The third-order valence-corrected chi connectivity index (χ3v) is 6.65. The number of alkyl carbamates (subject to hydrolysis) is 1. The third-order valence-electron chi connectivity index (χ3n) is 3.98. The monoisotopic (exact) mass is 481 g/mol. The molecule has 0 aromatic carbocycles. The Morgan fingerprint density at radius 3 is 2.42 bits per heavy atom. The highest BCUT2D eigenvalue weighted by atomic mass is 32.2. The van der Waals surface area contributed by atoms with E-state index < -0.39 is 56.3 Å². The third kappa shape index (κ3) is 10.3. The summed E-state index contributed by atoms with van der Waals surface area (Å²) in [5.74, 6) is -0.749. The number of hydrogen-bond donors (Lipinski definition) is 2. The number of rotatable bonds is 9. The fraction of sp³-hybridized carbons (Fsp3) is 0.667. The number of ether oxygens (including phenoxy) is 2. The van der Waals surface area contributed by atoms with Crippen molar-refractivity contribution >= 4 is 32.1 Å². The van der Waals surface area contributed by atoms with Crippen LogP contribution in [0.15, 0.2) is 23.0 Å². The normalized spacial score (nSPS) is 19.6. The van der Waals surface area contributed by atoms with Gasteiger partial charge in [0.1, 0.15) is 12.1 Å². The van der Waals surface area contributed by atoms with Crippen molar-refractivity contribution in [2.24, 2.45) is 0 Å². The van der Waals surface area contributed by atoms with Crippen LogP contribution in [-0.4, -0.2) is 71.1 Å². The first-order valence-corrected chi connectivity index (χ1v) is 12.6. The lowest BCUT2D eigenvalue weighted by Gasteiger charge is -2.21. The number of nitrogens with one attached hydrogen (secondary N) is 2. The maximum absolute atomic E-state index is 12.7. The van der Waals surface area contributed by atoms with Crippen molar-refractivity contribution in [3.8, 4) is 0 Å². The summed E-state index contributed by atoms with van der Waals surface area (Å²) in [6, 6.07) is -1.26. The maximum atomic E-state index is 12.7. The first kappa shape index (κ1) is 27.1. The topological polar surface area (TPSA) is 148 Å². The van der Waals surface area contributed by atoms with Crippen molar-refractivity contribution in [3.05, 3.63) is 23.0 Å². The van der Waals surface area contributed by atoms with E-state index in [1.54, 1.807) is 27.7 Å². The zero-order valence-electron chi connectivity index (χ0n) is 18.3. The minimum absolute atomic E-state index is 0.227. The van der Waals surface area contributed by atoms with Crippen LogP contribution in [0.2, 0.25) is 0 Å². The van der Waals surface area contributed by atoms with Gasteiger partial charge in [0, 0.05) is 29.4 Å². The molecule has 1 rings (SSSR count). The Balaban J connectivity index is 2.77. The number of methoxy groups -OCH3 is 1. The molecule has 0 unspecified atom stereocenters. The minimum Gasteiger partial charge on any atom is -0.468 e. The molecule has 0 spiro atoms. The summed E-state index contributed by atoms with van der Waals surface area (Å²) in [6.07, 6.45) is 2.91. The Labute approximate surface area is 183 Å². The molecule has 1 heterocycles. The van der Waals surface area contributed by atoms with Gasteiger partial charge in [0.15, 0.2) is 0 Å². The smallest absolute Gasteiger partial charge is 0.408 e. The standard InChI is InChI=1S/C18H31N3O8S2/c1-14(20-17(23)29-18(2,3)4)8-12-31(26,27)21-10-6-7-15(21)9-11-30(24,25)19-13-16(22)28-5/h8-9,11-12,14-15,19H,6-7,10,13H2,1-5H3,(H,20,23)/b11-9+,12-8+/t14-,15-/m0/s1. The molecular formula is C18H31N3O8S2. The molecule has 0 aromatic heterocycles. The van der Waals surface area contributed by atoms with Crippen molar-refractivity contribution < 1.29 is 35.9 Å². The fourth-order valence-corrected chi connectivity index (χ4v) is 4.92. The van der Waals surface area contributed by atoms with E-state index in [4.69, 9.17) is 4.74 Å². The second-order valence-corrected chi connectivity index (χ2v) is 11.3. The zero-order chi connectivity index (χ0) is 23.9. The molecule has 0 bridgehead atoms. The molecule has 1 fully saturated rings. The molecular weight excluding hydrogens is 450 g/mol. The van der Waals surface area contributed by atoms with E-state index in [1.807, 2.05) is 4.72 Å². The Bertz CT molecular complexity index is 905. The van der Waals surface area contributed by atoms with Crippen molar-refractivity contribution in [2.75, 3.05) is 20.2 Å². The van der Waals surface area contributed by atoms with Crippen LogP contribution in [0, 0.1) is 0 Å². The van der Waals surface area contributed by atoms with Crippen LogP contribution in [0.4, 0.5) is 4.79 Å². The minimum atomic E-state index is -3.93. The summed E-state index contributed by atoms with van der Waals surface area (Å²) >= 11 is 0. The van der Waals surface area contributed by atoms with Crippen LogP contribution in [0.3, 0.4) is 0 Å². The van der Waals surface area contributed by atoms with Crippen molar-refractivity contribution in [1.82, 2.24) is 14.3 Å². The first-order chi connectivity index (χ1) is 14.1. The van der Waals surface area contributed by atoms with E-state index in [-0.39, 0.29) is 6.54 Å². The summed E-state index contributed by atoms with van der Waals surface area (Å²) < 4.78 is 61.9. The van der Waals surface area contributed by atoms with E-state index in [1.165, 1.54) is 16.5 Å². The summed E-state index contributed by atoms with van der Waals surface area (Å²) in [5.41, 5.74) is -0.680. The van der Waals surface area contributed by atoms with E-state index >= 15 is 0 Å². The quantitative estimate of drug-likeness (QED) is 0.460. The summed E-state index contributed by atoms with van der Waals surface area (Å²) in [5, 5.41) is 4.33. The van der Waals surface area contributed by atoms with Gasteiger partial charge < -0.3 is 14.8 Å². The molecule has 13 heteroatoms. The molecule has 31 heavy (non-hydrogen) atoms. The van der Waals surface area contributed by atoms with Crippen molar-refractivity contribution in [2.45, 2.75) is 58.2 Å². The summed E-state index contributed by atoms with van der Waals surface area (Å²) in [6.45, 7) is 6.43. The first-order valence-electron chi connectivity index (χ1n) is 9.59. The highest BCUT2D eigenvalue weighted by Crippen LogP contribution is 2.23. The molecule has 0 aliphatic carbocycles. The molecule has 178 valence electrons. The van der Waals surface area contributed by atoms with Crippen LogP contribution < -0.4 is 10.0 Å². The Morgan fingerprint density at radius 2 is 1.84 bits per heavy atom. The van der Waals surface area contributed by atoms with Gasteiger partial charge in [-0.1, -0.05) is 6.08 Å². The lowest BCUT2D eigenvalue weighted by Crippen LogP contribution is -2.37. The van der Waals surface area contributed by atoms with E-state index in [0.29, 0.717) is 12.8 Å². The largest absolute Gasteiger partial charge is 0.468 e. The molecule has 0 aromatic rings. The fourth-order valence-electron chi connectivity index (χ4n) is 2.59. The molecule has 1 aliphatic rings. The van der Waals surface area contributed by atoms with E-state index in [9.17, 15) is 26.4 Å². The molecule has 1 amide bonds.